The number of aryl methyl sites for hydroxylation is 3. The lowest BCUT2D eigenvalue weighted by molar-refractivity contribution is -0.143. The van der Waals surface area contributed by atoms with Gasteiger partial charge in [-0.15, -0.1) is 0 Å². The molecular formula is C35H53N3O4S. The fourth-order valence-corrected chi connectivity index (χ4v) is 5.60. The number of hydrogen-bond acceptors (Lipinski definition) is 5. The summed E-state index contributed by atoms with van der Waals surface area (Å²) in [5, 5.41) is 6.03. The van der Waals surface area contributed by atoms with Gasteiger partial charge in [-0.1, -0.05) is 50.2 Å². The lowest BCUT2D eigenvalue weighted by Crippen LogP contribution is -2.55. The average molecular weight is 612 g/mol. The van der Waals surface area contributed by atoms with Crippen LogP contribution in [0.25, 0.3) is 0 Å². The van der Waals surface area contributed by atoms with Crippen LogP contribution in [0.1, 0.15) is 94.7 Å². The summed E-state index contributed by atoms with van der Waals surface area (Å²) < 4.78 is 5.54. The summed E-state index contributed by atoms with van der Waals surface area (Å²) >= 11 is 1.60. The predicted molar refractivity (Wildman–Crippen MR) is 180 cm³/mol. The van der Waals surface area contributed by atoms with Gasteiger partial charge in [0.1, 0.15) is 17.7 Å². The third-order valence-electron chi connectivity index (χ3n) is 7.69. The van der Waals surface area contributed by atoms with Crippen LogP contribution in [-0.2, 0) is 14.3 Å². The highest BCUT2D eigenvalue weighted by atomic mass is 32.2. The zero-order valence-corrected chi connectivity index (χ0v) is 28.9. The number of para-hydroxylation sites is 1. The number of nitrogens with zero attached hydrogens (tertiary/aromatic N) is 1. The van der Waals surface area contributed by atoms with Gasteiger partial charge in [-0.25, -0.2) is 4.79 Å². The quantitative estimate of drug-likeness (QED) is 0.240. The number of hydrogen-bond donors (Lipinski definition) is 2. The van der Waals surface area contributed by atoms with Crippen molar-refractivity contribution in [3.63, 3.8) is 0 Å². The van der Waals surface area contributed by atoms with Crippen LogP contribution in [0, 0.1) is 33.6 Å². The number of benzene rings is 2. The molecule has 0 bridgehead atoms. The molecule has 238 valence electrons. The monoisotopic (exact) mass is 611 g/mol. The standard InChI is InChI=1S/C35H53N3O4S/c1-22(2)18-19-26(6)38(33(40)29(20-21-43-11)36-34(41)42-35(8,9)10)31(28-17-13-14-23(3)27(28)7)32(39)37-30-24(4)15-12-16-25(30)5/h12-17,22,26,29,31H,18-21H2,1-11H3,(H,36,41)(H,37,39). The highest BCUT2D eigenvalue weighted by molar-refractivity contribution is 7.98. The highest BCUT2D eigenvalue weighted by Gasteiger charge is 2.39. The minimum absolute atomic E-state index is 0.277. The van der Waals surface area contributed by atoms with Crippen molar-refractivity contribution in [2.24, 2.45) is 5.92 Å². The first kappa shape index (κ1) is 36.2. The van der Waals surface area contributed by atoms with Crippen LogP contribution in [-0.4, -0.2) is 52.5 Å². The first-order valence-corrected chi connectivity index (χ1v) is 16.7. The third-order valence-corrected chi connectivity index (χ3v) is 8.33. The van der Waals surface area contributed by atoms with Gasteiger partial charge in [0.15, 0.2) is 0 Å². The molecule has 0 aliphatic heterocycles. The van der Waals surface area contributed by atoms with E-state index in [1.165, 1.54) is 0 Å². The first-order valence-electron chi connectivity index (χ1n) is 15.3. The fraction of sp³-hybridized carbons (Fsp3) is 0.571. The third kappa shape index (κ3) is 10.6. The molecule has 43 heavy (non-hydrogen) atoms. The molecule has 3 unspecified atom stereocenters. The van der Waals surface area contributed by atoms with E-state index in [0.29, 0.717) is 24.5 Å². The molecule has 0 saturated carbocycles. The van der Waals surface area contributed by atoms with Gasteiger partial charge in [-0.3, -0.25) is 9.59 Å². The van der Waals surface area contributed by atoms with E-state index in [1.54, 1.807) is 37.4 Å². The molecular weight excluding hydrogens is 558 g/mol. The van der Waals surface area contributed by atoms with Gasteiger partial charge in [0.2, 0.25) is 5.91 Å². The molecule has 3 amide bonds. The predicted octanol–water partition coefficient (Wildman–Crippen LogP) is 7.90. The maximum absolute atomic E-state index is 14.7. The summed E-state index contributed by atoms with van der Waals surface area (Å²) in [6.07, 6.45) is 3.32. The maximum Gasteiger partial charge on any atom is 0.408 e. The van der Waals surface area contributed by atoms with Crippen LogP contribution in [0.5, 0.6) is 0 Å². The smallest absolute Gasteiger partial charge is 0.408 e. The SMILES string of the molecule is CSCCC(NC(=O)OC(C)(C)C)C(=O)N(C(C)CCC(C)C)C(C(=O)Nc1c(C)cccc1C)c1cccc(C)c1C. The van der Waals surface area contributed by atoms with Crippen molar-refractivity contribution < 1.29 is 19.1 Å². The number of rotatable bonds is 13. The largest absolute Gasteiger partial charge is 0.444 e. The van der Waals surface area contributed by atoms with Gasteiger partial charge >= 0.3 is 6.09 Å². The zero-order chi connectivity index (χ0) is 32.5. The van der Waals surface area contributed by atoms with Crippen LogP contribution in [0.15, 0.2) is 36.4 Å². The van der Waals surface area contributed by atoms with Crippen molar-refractivity contribution in [3.05, 3.63) is 64.2 Å². The van der Waals surface area contributed by atoms with Crippen molar-refractivity contribution in [2.75, 3.05) is 17.3 Å². The molecule has 0 aliphatic carbocycles. The van der Waals surface area contributed by atoms with Gasteiger partial charge in [0, 0.05) is 11.7 Å². The van der Waals surface area contributed by atoms with Crippen molar-refractivity contribution in [3.8, 4) is 0 Å². The second-order valence-electron chi connectivity index (χ2n) is 13.0. The second-order valence-corrected chi connectivity index (χ2v) is 14.0. The summed E-state index contributed by atoms with van der Waals surface area (Å²) in [6, 6.07) is 9.73. The lowest BCUT2D eigenvalue weighted by Gasteiger charge is -2.39. The molecule has 2 N–H and O–H groups in total. The van der Waals surface area contributed by atoms with E-state index in [4.69, 9.17) is 4.74 Å². The molecule has 3 atom stereocenters. The second kappa shape index (κ2) is 16.2. The van der Waals surface area contributed by atoms with Crippen molar-refractivity contribution in [2.45, 2.75) is 112 Å². The summed E-state index contributed by atoms with van der Waals surface area (Å²) in [6.45, 7) is 19.6. The molecule has 0 spiro atoms. The minimum atomic E-state index is -0.911. The van der Waals surface area contributed by atoms with Crippen molar-refractivity contribution in [1.29, 1.82) is 0 Å². The van der Waals surface area contributed by atoms with Gasteiger partial charge in [0.05, 0.1) is 0 Å². The van der Waals surface area contributed by atoms with Crippen LogP contribution >= 0.6 is 11.8 Å². The molecule has 0 saturated heterocycles. The van der Waals surface area contributed by atoms with Gasteiger partial charge in [0.25, 0.3) is 5.91 Å². The van der Waals surface area contributed by atoms with E-state index < -0.39 is 23.8 Å². The Hall–Kier alpha value is -3.00. The number of alkyl carbamates (subject to hydrolysis) is 1. The molecule has 2 aromatic carbocycles. The van der Waals surface area contributed by atoms with E-state index in [2.05, 4.69) is 24.5 Å². The first-order chi connectivity index (χ1) is 20.1. The number of anilines is 1. The molecule has 2 rings (SSSR count). The summed E-state index contributed by atoms with van der Waals surface area (Å²) in [7, 11) is 0. The molecule has 8 heteroatoms. The maximum atomic E-state index is 14.7. The van der Waals surface area contributed by atoms with Crippen LogP contribution < -0.4 is 10.6 Å². The Morgan fingerprint density at radius 2 is 1.47 bits per heavy atom. The minimum Gasteiger partial charge on any atom is -0.444 e. The molecule has 0 aromatic heterocycles. The topological polar surface area (TPSA) is 87.7 Å². The number of amides is 3. The van der Waals surface area contributed by atoms with Crippen molar-refractivity contribution >= 4 is 35.4 Å². The van der Waals surface area contributed by atoms with Gasteiger partial charge in [-0.05, 0) is 120 Å². The molecule has 7 nitrogen and oxygen atoms in total. The highest BCUT2D eigenvalue weighted by Crippen LogP contribution is 2.33. The average Bonchev–Trinajstić information content (AvgIpc) is 2.90. The lowest BCUT2D eigenvalue weighted by atomic mass is 9.92. The Bertz CT molecular complexity index is 1230. The molecule has 0 heterocycles. The van der Waals surface area contributed by atoms with E-state index in [9.17, 15) is 14.4 Å². The Balaban J connectivity index is 2.72. The molecule has 0 radical (unpaired) electrons. The van der Waals surface area contributed by atoms with Crippen molar-refractivity contribution in [1.82, 2.24) is 10.2 Å². The summed E-state index contributed by atoms with van der Waals surface area (Å²) in [5.41, 5.74) is 4.69. The van der Waals surface area contributed by atoms with Crippen LogP contribution in [0.2, 0.25) is 0 Å². The summed E-state index contributed by atoms with van der Waals surface area (Å²) in [5.74, 6) is 0.507. The number of carbonyl (C=O) groups excluding carboxylic acids is 3. The number of carbonyl (C=O) groups is 3. The Kier molecular flexibility index (Phi) is 13.6. The van der Waals surface area contributed by atoms with E-state index in [0.717, 1.165) is 39.9 Å². The van der Waals surface area contributed by atoms with E-state index in [-0.39, 0.29) is 17.9 Å². The molecule has 0 fully saturated rings. The van der Waals surface area contributed by atoms with E-state index in [1.807, 2.05) is 77.3 Å². The summed E-state index contributed by atoms with van der Waals surface area (Å²) in [4.78, 5) is 43.9. The number of ether oxygens (including phenoxy) is 1. The number of nitrogens with one attached hydrogen (secondary N) is 2. The molecule has 2 aromatic rings. The fourth-order valence-electron chi connectivity index (χ4n) is 5.13. The Morgan fingerprint density at radius 1 is 0.884 bits per heavy atom. The normalized spacial score (nSPS) is 13.7. The van der Waals surface area contributed by atoms with Crippen LogP contribution in [0.3, 0.4) is 0 Å². The van der Waals surface area contributed by atoms with Gasteiger partial charge in [-0.2, -0.15) is 11.8 Å². The molecule has 0 aliphatic rings. The number of thioether (sulfide) groups is 1. The Morgan fingerprint density at radius 3 is 2.02 bits per heavy atom. The van der Waals surface area contributed by atoms with E-state index >= 15 is 0 Å². The Labute approximate surface area is 263 Å². The van der Waals surface area contributed by atoms with Gasteiger partial charge < -0.3 is 20.3 Å². The zero-order valence-electron chi connectivity index (χ0n) is 28.1. The van der Waals surface area contributed by atoms with Crippen LogP contribution in [0.4, 0.5) is 10.5 Å².